The molecule has 0 saturated heterocycles. The van der Waals surface area contributed by atoms with Crippen molar-refractivity contribution >= 4 is 22.9 Å². The van der Waals surface area contributed by atoms with E-state index in [0.29, 0.717) is 11.2 Å². The maximum atomic E-state index is 12.3. The van der Waals surface area contributed by atoms with Gasteiger partial charge >= 0.3 is 5.97 Å². The van der Waals surface area contributed by atoms with Gasteiger partial charge in [0.05, 0.1) is 23.3 Å². The summed E-state index contributed by atoms with van der Waals surface area (Å²) >= 11 is 0. The second kappa shape index (κ2) is 6.52. The van der Waals surface area contributed by atoms with Gasteiger partial charge in [-0.05, 0) is 19.9 Å². The van der Waals surface area contributed by atoms with Crippen LogP contribution in [-0.2, 0) is 16.6 Å². The van der Waals surface area contributed by atoms with Gasteiger partial charge in [-0.2, -0.15) is 5.10 Å². The minimum atomic E-state index is -1.04. The fourth-order valence-electron chi connectivity index (χ4n) is 2.24. The van der Waals surface area contributed by atoms with Crippen LogP contribution in [0.4, 0.5) is 0 Å². The van der Waals surface area contributed by atoms with Gasteiger partial charge in [0.25, 0.3) is 5.91 Å². The number of carbonyl (C=O) groups excluding carboxylic acids is 1. The highest BCUT2D eigenvalue weighted by Crippen LogP contribution is 2.21. The summed E-state index contributed by atoms with van der Waals surface area (Å²) in [5.41, 5.74) is 2.62. The number of carboxylic acid groups (broad SMARTS) is 1. The molecule has 22 heavy (non-hydrogen) atoms. The van der Waals surface area contributed by atoms with Crippen molar-refractivity contribution in [3.05, 3.63) is 23.0 Å². The van der Waals surface area contributed by atoms with Gasteiger partial charge in [-0.25, -0.2) is 9.78 Å². The van der Waals surface area contributed by atoms with Crippen molar-refractivity contribution in [3.8, 4) is 0 Å². The molecule has 2 aromatic rings. The van der Waals surface area contributed by atoms with Crippen LogP contribution in [0, 0.1) is 13.8 Å². The van der Waals surface area contributed by atoms with E-state index in [-0.39, 0.29) is 25.7 Å². The number of pyridine rings is 1. The second-order valence-corrected chi connectivity index (χ2v) is 4.92. The lowest BCUT2D eigenvalue weighted by Gasteiger charge is -2.08. The summed E-state index contributed by atoms with van der Waals surface area (Å²) in [4.78, 5) is 27.0. The second-order valence-electron chi connectivity index (χ2n) is 4.92. The first kappa shape index (κ1) is 15.9. The third kappa shape index (κ3) is 3.40. The first-order valence-corrected chi connectivity index (χ1v) is 6.79. The van der Waals surface area contributed by atoms with Gasteiger partial charge in [-0.15, -0.1) is 0 Å². The van der Waals surface area contributed by atoms with Gasteiger partial charge < -0.3 is 15.2 Å². The Balaban J connectivity index is 2.13. The minimum Gasteiger partial charge on any atom is -0.480 e. The molecule has 0 unspecified atom stereocenters. The van der Waals surface area contributed by atoms with Crippen molar-refractivity contribution in [1.82, 2.24) is 20.1 Å². The van der Waals surface area contributed by atoms with E-state index in [1.807, 2.05) is 13.8 Å². The summed E-state index contributed by atoms with van der Waals surface area (Å²) in [6.45, 7) is 3.63. The average molecular weight is 306 g/mol. The van der Waals surface area contributed by atoms with Gasteiger partial charge in [-0.1, -0.05) is 0 Å². The molecule has 8 nitrogen and oxygen atoms in total. The Morgan fingerprint density at radius 3 is 2.82 bits per heavy atom. The van der Waals surface area contributed by atoms with E-state index in [2.05, 4.69) is 15.4 Å². The number of carboxylic acids is 1. The Morgan fingerprint density at radius 2 is 2.14 bits per heavy atom. The van der Waals surface area contributed by atoms with Crippen LogP contribution < -0.4 is 5.32 Å². The SMILES string of the molecule is Cc1cc(C(=O)NCCOCC(=O)O)c2c(C)nn(C)c2n1. The molecule has 0 aliphatic rings. The molecule has 0 atom stereocenters. The predicted octanol–water partition coefficient (Wildman–Crippen LogP) is 0.416. The van der Waals surface area contributed by atoms with Crippen molar-refractivity contribution in [2.45, 2.75) is 13.8 Å². The number of aryl methyl sites for hydroxylation is 3. The molecule has 0 spiro atoms. The summed E-state index contributed by atoms with van der Waals surface area (Å²) in [6.07, 6.45) is 0. The fourth-order valence-corrected chi connectivity index (χ4v) is 2.24. The van der Waals surface area contributed by atoms with Crippen LogP contribution in [-0.4, -0.2) is 51.5 Å². The molecule has 0 aromatic carbocycles. The Kier molecular flexibility index (Phi) is 4.71. The molecule has 2 aromatic heterocycles. The number of carbonyl (C=O) groups is 2. The summed E-state index contributed by atoms with van der Waals surface area (Å²) in [5, 5.41) is 16.2. The van der Waals surface area contributed by atoms with Crippen molar-refractivity contribution in [2.24, 2.45) is 7.05 Å². The summed E-state index contributed by atoms with van der Waals surface area (Å²) in [6, 6.07) is 1.71. The Morgan fingerprint density at radius 1 is 1.41 bits per heavy atom. The van der Waals surface area contributed by atoms with E-state index in [1.54, 1.807) is 17.8 Å². The molecule has 118 valence electrons. The van der Waals surface area contributed by atoms with Gasteiger partial charge in [0, 0.05) is 19.3 Å². The fraction of sp³-hybridized carbons (Fsp3) is 0.429. The van der Waals surface area contributed by atoms with Crippen molar-refractivity contribution in [1.29, 1.82) is 0 Å². The summed E-state index contributed by atoms with van der Waals surface area (Å²) < 4.78 is 6.52. The van der Waals surface area contributed by atoms with E-state index in [1.165, 1.54) is 0 Å². The maximum Gasteiger partial charge on any atom is 0.329 e. The topological polar surface area (TPSA) is 106 Å². The molecular weight excluding hydrogens is 288 g/mol. The Hall–Kier alpha value is -2.48. The van der Waals surface area contributed by atoms with Gasteiger partial charge in [0.2, 0.25) is 0 Å². The quantitative estimate of drug-likeness (QED) is 0.749. The van der Waals surface area contributed by atoms with Crippen LogP contribution in [0.3, 0.4) is 0 Å². The molecule has 0 bridgehead atoms. The molecule has 2 rings (SSSR count). The smallest absolute Gasteiger partial charge is 0.329 e. The minimum absolute atomic E-state index is 0.136. The highest BCUT2D eigenvalue weighted by atomic mass is 16.5. The molecule has 0 aliphatic heterocycles. The average Bonchev–Trinajstić information content (AvgIpc) is 2.72. The van der Waals surface area contributed by atoms with E-state index < -0.39 is 5.97 Å². The number of hydrogen-bond donors (Lipinski definition) is 2. The first-order chi connectivity index (χ1) is 10.4. The van der Waals surface area contributed by atoms with E-state index in [0.717, 1.165) is 16.8 Å². The predicted molar refractivity (Wildman–Crippen MR) is 78.8 cm³/mol. The van der Waals surface area contributed by atoms with Crippen molar-refractivity contribution in [2.75, 3.05) is 19.8 Å². The van der Waals surface area contributed by atoms with Crippen LogP contribution in [0.25, 0.3) is 11.0 Å². The third-order valence-corrected chi connectivity index (χ3v) is 3.10. The van der Waals surface area contributed by atoms with Crippen molar-refractivity contribution < 1.29 is 19.4 Å². The zero-order valence-corrected chi connectivity index (χ0v) is 12.7. The molecule has 0 aliphatic carbocycles. The molecule has 0 radical (unpaired) electrons. The largest absolute Gasteiger partial charge is 0.480 e. The summed E-state index contributed by atoms with van der Waals surface area (Å²) in [7, 11) is 1.78. The number of ether oxygens (including phenoxy) is 1. The Labute approximate surface area is 127 Å². The number of hydrogen-bond acceptors (Lipinski definition) is 5. The molecule has 2 heterocycles. The maximum absolute atomic E-state index is 12.3. The van der Waals surface area contributed by atoms with Gasteiger partial charge in [-0.3, -0.25) is 9.48 Å². The lowest BCUT2D eigenvalue weighted by atomic mass is 10.1. The standard InChI is InChI=1S/C14H18N4O4/c1-8-6-10(12-9(2)17-18(3)13(12)16-8)14(21)15-4-5-22-7-11(19)20/h6H,4-5,7H2,1-3H3,(H,15,21)(H,19,20). The first-order valence-electron chi connectivity index (χ1n) is 6.79. The number of amides is 1. The molecule has 0 fully saturated rings. The number of fused-ring (bicyclic) bond motifs is 1. The Bertz CT molecular complexity index is 723. The molecule has 8 heteroatoms. The monoisotopic (exact) mass is 306 g/mol. The zero-order chi connectivity index (χ0) is 16.3. The molecule has 2 N–H and O–H groups in total. The van der Waals surface area contributed by atoms with E-state index in [9.17, 15) is 9.59 Å². The van der Waals surface area contributed by atoms with Crippen LogP contribution in [0.2, 0.25) is 0 Å². The molecule has 1 amide bonds. The highest BCUT2D eigenvalue weighted by molar-refractivity contribution is 6.06. The van der Waals surface area contributed by atoms with Gasteiger partial charge in [0.15, 0.2) is 5.65 Å². The lowest BCUT2D eigenvalue weighted by molar-refractivity contribution is -0.142. The van der Waals surface area contributed by atoms with Crippen LogP contribution >= 0.6 is 0 Å². The van der Waals surface area contributed by atoms with Crippen LogP contribution in [0.1, 0.15) is 21.7 Å². The lowest BCUT2D eigenvalue weighted by Crippen LogP contribution is -2.28. The van der Waals surface area contributed by atoms with E-state index >= 15 is 0 Å². The normalized spacial score (nSPS) is 10.9. The highest BCUT2D eigenvalue weighted by Gasteiger charge is 2.17. The zero-order valence-electron chi connectivity index (χ0n) is 12.7. The number of aromatic nitrogens is 3. The van der Waals surface area contributed by atoms with Gasteiger partial charge in [0.1, 0.15) is 6.61 Å². The molecule has 0 saturated carbocycles. The molecular formula is C14H18N4O4. The number of nitrogens with zero attached hydrogens (tertiary/aromatic N) is 3. The number of nitrogens with one attached hydrogen (secondary N) is 1. The van der Waals surface area contributed by atoms with Crippen LogP contribution in [0.5, 0.6) is 0 Å². The van der Waals surface area contributed by atoms with Crippen LogP contribution in [0.15, 0.2) is 6.07 Å². The summed E-state index contributed by atoms with van der Waals surface area (Å²) in [5.74, 6) is -1.30. The number of aliphatic carboxylic acids is 1. The number of rotatable bonds is 6. The van der Waals surface area contributed by atoms with Crippen molar-refractivity contribution in [3.63, 3.8) is 0 Å². The third-order valence-electron chi connectivity index (χ3n) is 3.10. The van der Waals surface area contributed by atoms with E-state index in [4.69, 9.17) is 9.84 Å².